The van der Waals surface area contributed by atoms with Crippen molar-refractivity contribution in [3.05, 3.63) is 66.8 Å². The van der Waals surface area contributed by atoms with Gasteiger partial charge in [-0.05, 0) is 5.56 Å². The van der Waals surface area contributed by atoms with E-state index in [4.69, 9.17) is 17.5 Å². The fourth-order valence-corrected chi connectivity index (χ4v) is 0.874. The van der Waals surface area contributed by atoms with E-state index in [0.717, 1.165) is 0 Å². The summed E-state index contributed by atoms with van der Waals surface area (Å²) in [4.78, 5) is 0. The van der Waals surface area contributed by atoms with Gasteiger partial charge in [0.2, 0.25) is 0 Å². The SMILES string of the molecule is C=CC=CC=Cc1ccccc1.O=S(=O)(O)O. The Morgan fingerprint density at radius 2 is 1.53 bits per heavy atom. The first-order valence-electron chi connectivity index (χ1n) is 4.64. The van der Waals surface area contributed by atoms with E-state index in [1.165, 1.54) is 5.56 Å². The first kappa shape index (κ1) is 15.3. The molecule has 0 saturated heterocycles. The van der Waals surface area contributed by atoms with Crippen LogP contribution in [0.3, 0.4) is 0 Å². The molecule has 17 heavy (non-hydrogen) atoms. The minimum atomic E-state index is -4.67. The first-order chi connectivity index (χ1) is 7.93. The molecule has 0 aromatic heterocycles. The molecular weight excluding hydrogens is 240 g/mol. The molecule has 0 aliphatic carbocycles. The molecule has 0 radical (unpaired) electrons. The van der Waals surface area contributed by atoms with Crippen LogP contribution in [0.15, 0.2) is 61.2 Å². The molecule has 92 valence electrons. The van der Waals surface area contributed by atoms with E-state index in [1.807, 2.05) is 36.4 Å². The highest BCUT2D eigenvalue weighted by Crippen LogP contribution is 2.00. The summed E-state index contributed by atoms with van der Waals surface area (Å²) in [6.45, 7) is 3.58. The highest BCUT2D eigenvalue weighted by Gasteiger charge is 1.84. The Hall–Kier alpha value is -1.69. The lowest BCUT2D eigenvalue weighted by Crippen LogP contribution is -1.89. The molecule has 0 fully saturated rings. The molecule has 1 rings (SSSR count). The van der Waals surface area contributed by atoms with Crippen LogP contribution in [0.1, 0.15) is 5.56 Å². The van der Waals surface area contributed by atoms with Gasteiger partial charge in [0.1, 0.15) is 0 Å². The van der Waals surface area contributed by atoms with Crippen LogP contribution in [-0.2, 0) is 10.4 Å². The number of hydrogen-bond donors (Lipinski definition) is 2. The highest BCUT2D eigenvalue weighted by molar-refractivity contribution is 7.79. The van der Waals surface area contributed by atoms with Gasteiger partial charge in [-0.25, -0.2) is 0 Å². The van der Waals surface area contributed by atoms with Crippen LogP contribution in [0.2, 0.25) is 0 Å². The number of benzene rings is 1. The molecule has 0 amide bonds. The third-order valence-corrected chi connectivity index (χ3v) is 1.45. The van der Waals surface area contributed by atoms with Crippen molar-refractivity contribution in [1.29, 1.82) is 0 Å². The van der Waals surface area contributed by atoms with Crippen LogP contribution in [0.5, 0.6) is 0 Å². The summed E-state index contributed by atoms with van der Waals surface area (Å²) in [5.41, 5.74) is 1.21. The van der Waals surface area contributed by atoms with Crippen molar-refractivity contribution in [2.45, 2.75) is 0 Å². The van der Waals surface area contributed by atoms with Gasteiger partial charge in [-0.3, -0.25) is 9.11 Å². The van der Waals surface area contributed by atoms with E-state index in [1.54, 1.807) is 6.08 Å². The van der Waals surface area contributed by atoms with Crippen LogP contribution in [0.4, 0.5) is 0 Å². The van der Waals surface area contributed by atoms with E-state index in [0.29, 0.717) is 0 Å². The molecule has 0 heterocycles. The monoisotopic (exact) mass is 254 g/mol. The zero-order valence-corrected chi connectivity index (χ0v) is 9.92. The fourth-order valence-electron chi connectivity index (χ4n) is 0.874. The normalized spacial score (nSPS) is 11.2. The maximum Gasteiger partial charge on any atom is 0.394 e. The van der Waals surface area contributed by atoms with Gasteiger partial charge in [0.25, 0.3) is 0 Å². The number of rotatable bonds is 3. The van der Waals surface area contributed by atoms with Crippen molar-refractivity contribution in [3.8, 4) is 0 Å². The second-order valence-corrected chi connectivity index (χ2v) is 3.73. The topological polar surface area (TPSA) is 74.6 Å². The quantitative estimate of drug-likeness (QED) is 0.642. The molecule has 5 heteroatoms. The van der Waals surface area contributed by atoms with E-state index < -0.39 is 10.4 Å². The molecule has 1 aromatic rings. The second kappa shape index (κ2) is 8.46. The van der Waals surface area contributed by atoms with Gasteiger partial charge < -0.3 is 0 Å². The lowest BCUT2D eigenvalue weighted by Gasteiger charge is -1.87. The van der Waals surface area contributed by atoms with Crippen LogP contribution < -0.4 is 0 Å². The smallest absolute Gasteiger partial charge is 0.264 e. The predicted octanol–water partition coefficient (Wildman–Crippen LogP) is 2.79. The van der Waals surface area contributed by atoms with Crippen molar-refractivity contribution in [2.24, 2.45) is 0 Å². The molecule has 0 atom stereocenters. The third kappa shape index (κ3) is 14.3. The number of hydrogen-bond acceptors (Lipinski definition) is 2. The molecule has 0 saturated carbocycles. The second-order valence-electron chi connectivity index (χ2n) is 2.84. The van der Waals surface area contributed by atoms with E-state index in [9.17, 15) is 0 Å². The standard InChI is InChI=1S/C12H12.H2O4S/c1-2-3-4-6-9-12-10-7-5-8-11-12;1-5(2,3)4/h2-11H,1H2;(H2,1,2,3,4). The van der Waals surface area contributed by atoms with Gasteiger partial charge in [0.05, 0.1) is 0 Å². The van der Waals surface area contributed by atoms with Gasteiger partial charge in [0, 0.05) is 0 Å². The van der Waals surface area contributed by atoms with Gasteiger partial charge >= 0.3 is 10.4 Å². The zero-order chi connectivity index (χ0) is 13.1. The van der Waals surface area contributed by atoms with E-state index >= 15 is 0 Å². The van der Waals surface area contributed by atoms with Crippen molar-refractivity contribution in [3.63, 3.8) is 0 Å². The Morgan fingerprint density at radius 1 is 1.00 bits per heavy atom. The van der Waals surface area contributed by atoms with Gasteiger partial charge in [-0.15, -0.1) is 0 Å². The van der Waals surface area contributed by atoms with Crippen LogP contribution >= 0.6 is 0 Å². The molecule has 0 spiro atoms. The minimum Gasteiger partial charge on any atom is -0.264 e. The van der Waals surface area contributed by atoms with Crippen LogP contribution in [0, 0.1) is 0 Å². The Morgan fingerprint density at radius 3 is 2.00 bits per heavy atom. The van der Waals surface area contributed by atoms with Gasteiger partial charge in [0.15, 0.2) is 0 Å². The largest absolute Gasteiger partial charge is 0.394 e. The Balaban J connectivity index is 0.000000437. The lowest BCUT2D eigenvalue weighted by atomic mass is 10.2. The molecule has 0 aliphatic heterocycles. The molecule has 2 N–H and O–H groups in total. The molecule has 1 aromatic carbocycles. The fraction of sp³-hybridized carbons (Fsp3) is 0. The molecule has 0 unspecified atom stereocenters. The molecular formula is C12H14O4S. The summed E-state index contributed by atoms with van der Waals surface area (Å²) in [5.74, 6) is 0. The third-order valence-electron chi connectivity index (χ3n) is 1.45. The van der Waals surface area contributed by atoms with Crippen molar-refractivity contribution < 1.29 is 17.5 Å². The average Bonchev–Trinajstić information content (AvgIpc) is 2.24. The Kier molecular flexibility index (Phi) is 7.62. The Labute approximate surface area is 101 Å². The van der Waals surface area contributed by atoms with Crippen molar-refractivity contribution in [2.75, 3.05) is 0 Å². The summed E-state index contributed by atoms with van der Waals surface area (Å²) in [6.07, 6.45) is 9.67. The average molecular weight is 254 g/mol. The maximum atomic E-state index is 8.74. The summed E-state index contributed by atoms with van der Waals surface area (Å²) in [5, 5.41) is 0. The van der Waals surface area contributed by atoms with Gasteiger partial charge in [-0.1, -0.05) is 67.3 Å². The summed E-state index contributed by atoms with van der Waals surface area (Å²) < 4.78 is 31.6. The molecule has 4 nitrogen and oxygen atoms in total. The van der Waals surface area contributed by atoms with E-state index in [2.05, 4.69) is 24.8 Å². The van der Waals surface area contributed by atoms with Crippen LogP contribution in [-0.4, -0.2) is 17.5 Å². The first-order valence-corrected chi connectivity index (χ1v) is 6.04. The lowest BCUT2D eigenvalue weighted by molar-refractivity contribution is 0.381. The zero-order valence-electron chi connectivity index (χ0n) is 9.10. The predicted molar refractivity (Wildman–Crippen MR) is 69.0 cm³/mol. The van der Waals surface area contributed by atoms with Gasteiger partial charge in [-0.2, -0.15) is 8.42 Å². The molecule has 0 bridgehead atoms. The van der Waals surface area contributed by atoms with Crippen molar-refractivity contribution >= 4 is 16.5 Å². The van der Waals surface area contributed by atoms with E-state index in [-0.39, 0.29) is 0 Å². The summed E-state index contributed by atoms with van der Waals surface area (Å²) in [6, 6.07) is 10.2. The number of allylic oxidation sites excluding steroid dienone is 4. The Bertz CT molecular complexity index is 464. The maximum absolute atomic E-state index is 8.74. The summed E-state index contributed by atoms with van der Waals surface area (Å²) in [7, 11) is -4.67. The summed E-state index contributed by atoms with van der Waals surface area (Å²) >= 11 is 0. The minimum absolute atomic E-state index is 1.21. The van der Waals surface area contributed by atoms with Crippen LogP contribution in [0.25, 0.3) is 6.08 Å². The van der Waals surface area contributed by atoms with Crippen molar-refractivity contribution in [1.82, 2.24) is 0 Å². The molecule has 0 aliphatic rings. The highest BCUT2D eigenvalue weighted by atomic mass is 32.3.